The maximum atomic E-state index is 11.4. The van der Waals surface area contributed by atoms with Crippen molar-refractivity contribution in [3.05, 3.63) is 78.1 Å². The minimum Gasteiger partial charge on any atom is -0.491 e. The van der Waals surface area contributed by atoms with E-state index in [1.807, 2.05) is 60.7 Å². The van der Waals surface area contributed by atoms with Gasteiger partial charge in [0.05, 0.1) is 13.2 Å². The molecule has 170 valence electrons. The maximum Gasteiger partial charge on any atom is 0.204 e. The molecule has 1 aromatic heterocycles. The van der Waals surface area contributed by atoms with Crippen LogP contribution >= 0.6 is 11.6 Å². The quantitative estimate of drug-likeness (QED) is 0.289. The van der Waals surface area contributed by atoms with Crippen molar-refractivity contribution in [2.24, 2.45) is 0 Å². The summed E-state index contributed by atoms with van der Waals surface area (Å²) in [5, 5.41) is 3.87. The largest absolute Gasteiger partial charge is 0.491 e. The fourth-order valence-corrected chi connectivity index (χ4v) is 3.58. The number of pyridine rings is 1. The molecule has 0 radical (unpaired) electrons. The van der Waals surface area contributed by atoms with Crippen LogP contribution in [-0.2, 0) is 15.6 Å². The molecule has 9 heteroatoms. The van der Waals surface area contributed by atoms with Gasteiger partial charge in [0.15, 0.2) is 0 Å². The maximum absolute atomic E-state index is 11.4. The van der Waals surface area contributed by atoms with Crippen molar-refractivity contribution in [3.63, 3.8) is 0 Å². The first-order chi connectivity index (χ1) is 15.6. The zero-order valence-corrected chi connectivity index (χ0v) is 19.2. The van der Waals surface area contributed by atoms with E-state index in [0.717, 1.165) is 22.6 Å². The van der Waals surface area contributed by atoms with Gasteiger partial charge in [0.2, 0.25) is 10.9 Å². The number of nitrogens with zero attached hydrogens (tertiary/aromatic N) is 2. The Morgan fingerprint density at radius 3 is 2.16 bits per heavy atom. The van der Waals surface area contributed by atoms with Gasteiger partial charge in [-0.3, -0.25) is 4.98 Å². The van der Waals surface area contributed by atoms with E-state index in [-0.39, 0.29) is 0 Å². The van der Waals surface area contributed by atoms with Gasteiger partial charge in [-0.2, -0.15) is 0 Å². The number of ether oxygens (including phenoxy) is 2. The van der Waals surface area contributed by atoms with Gasteiger partial charge >= 0.3 is 0 Å². The molecule has 0 saturated carbocycles. The van der Waals surface area contributed by atoms with E-state index in [1.165, 1.54) is 4.31 Å². The second-order valence-electron chi connectivity index (χ2n) is 6.85. The molecule has 2 aromatic carbocycles. The Hall–Kier alpha value is -2.65. The number of halogens is 1. The Morgan fingerprint density at radius 1 is 0.844 bits per heavy atom. The van der Waals surface area contributed by atoms with Crippen LogP contribution in [0, 0.1) is 0 Å². The lowest BCUT2D eigenvalue weighted by atomic mass is 10.1. The molecule has 0 fully saturated rings. The monoisotopic (exact) mass is 475 g/mol. The number of anilines is 1. The van der Waals surface area contributed by atoms with E-state index < -0.39 is 10.9 Å². The number of rotatable bonds is 13. The highest BCUT2D eigenvalue weighted by Crippen LogP contribution is 2.23. The lowest BCUT2D eigenvalue weighted by molar-refractivity contribution is 0.0934. The van der Waals surface area contributed by atoms with Crippen LogP contribution in [0.2, 0.25) is 5.02 Å². The minimum atomic E-state index is -2.67. The zero-order chi connectivity index (χ0) is 22.6. The predicted molar refractivity (Wildman–Crippen MR) is 128 cm³/mol. The van der Waals surface area contributed by atoms with Crippen molar-refractivity contribution in [2.75, 3.05) is 44.8 Å². The van der Waals surface area contributed by atoms with Crippen molar-refractivity contribution < 1.29 is 17.9 Å². The topological polar surface area (TPSA) is 80.8 Å². The van der Waals surface area contributed by atoms with Gasteiger partial charge < -0.3 is 14.8 Å². The third-order valence-corrected chi connectivity index (χ3v) is 5.75. The fraction of sp³-hybridized carbons (Fsp3) is 0.261. The molecule has 0 aliphatic heterocycles. The standard InChI is InChI=1S/C23H26ClN3O4S/c24-21-5-1-19(2-6-21)20-3-7-23(8-4-20)31-18-17-30-16-15-27(32(28)29)14-13-26-22-9-11-25-12-10-22/h1-12,32H,13-18H2,(H,25,26). The predicted octanol–water partition coefficient (Wildman–Crippen LogP) is 3.74. The Labute approximate surface area is 195 Å². The first-order valence-corrected chi connectivity index (χ1v) is 11.7. The number of hydrogen-bond donors (Lipinski definition) is 2. The molecule has 0 amide bonds. The van der Waals surface area contributed by atoms with E-state index >= 15 is 0 Å². The molecule has 0 bridgehead atoms. The van der Waals surface area contributed by atoms with E-state index in [4.69, 9.17) is 21.1 Å². The molecule has 0 aliphatic carbocycles. The minimum absolute atomic E-state index is 0.298. The van der Waals surface area contributed by atoms with Gasteiger partial charge in [-0.25, -0.2) is 12.7 Å². The summed E-state index contributed by atoms with van der Waals surface area (Å²) < 4.78 is 35.4. The number of aromatic nitrogens is 1. The first-order valence-electron chi connectivity index (χ1n) is 10.2. The number of benzene rings is 2. The molecule has 0 atom stereocenters. The number of thiol groups is 1. The van der Waals surface area contributed by atoms with Crippen molar-refractivity contribution in [3.8, 4) is 16.9 Å². The lowest BCUT2D eigenvalue weighted by Gasteiger charge is -2.16. The van der Waals surface area contributed by atoms with Crippen LogP contribution in [0.25, 0.3) is 11.1 Å². The first kappa shape index (κ1) is 24.0. The summed E-state index contributed by atoms with van der Waals surface area (Å²) in [5.74, 6) is 0.748. The normalized spacial score (nSPS) is 11.1. The van der Waals surface area contributed by atoms with Gasteiger partial charge in [0, 0.05) is 42.7 Å². The summed E-state index contributed by atoms with van der Waals surface area (Å²) >= 11 is 5.93. The summed E-state index contributed by atoms with van der Waals surface area (Å²) in [7, 11) is -2.67. The Bertz CT molecular complexity index is 1010. The van der Waals surface area contributed by atoms with Crippen LogP contribution in [0.15, 0.2) is 73.1 Å². The molecular formula is C23H26ClN3O4S. The lowest BCUT2D eigenvalue weighted by Crippen LogP contribution is -2.31. The molecule has 0 unspecified atom stereocenters. The average molecular weight is 476 g/mol. The molecule has 7 nitrogen and oxygen atoms in total. The van der Waals surface area contributed by atoms with Crippen LogP contribution in [0.4, 0.5) is 5.69 Å². The van der Waals surface area contributed by atoms with Crippen LogP contribution in [0.3, 0.4) is 0 Å². The average Bonchev–Trinajstić information content (AvgIpc) is 2.81. The molecule has 0 aliphatic rings. The second-order valence-corrected chi connectivity index (χ2v) is 8.32. The summed E-state index contributed by atoms with van der Waals surface area (Å²) in [6.45, 7) is 2.22. The number of hydrogen-bond acceptors (Lipinski definition) is 6. The van der Waals surface area contributed by atoms with Crippen molar-refractivity contribution in [1.82, 2.24) is 9.29 Å². The Balaban J connectivity index is 1.31. The SMILES string of the molecule is O=[SH](=O)N(CCNc1ccncc1)CCOCCOc1ccc(-c2ccc(Cl)cc2)cc1. The van der Waals surface area contributed by atoms with Crippen molar-refractivity contribution >= 4 is 28.2 Å². The van der Waals surface area contributed by atoms with Gasteiger partial charge in [-0.15, -0.1) is 0 Å². The Morgan fingerprint density at radius 2 is 1.50 bits per heavy atom. The highest BCUT2D eigenvalue weighted by Gasteiger charge is 2.07. The summed E-state index contributed by atoms with van der Waals surface area (Å²) in [4.78, 5) is 3.94. The highest BCUT2D eigenvalue weighted by atomic mass is 35.5. The molecule has 3 rings (SSSR count). The molecule has 0 spiro atoms. The van der Waals surface area contributed by atoms with Crippen LogP contribution in [-0.4, -0.2) is 57.2 Å². The van der Waals surface area contributed by atoms with Crippen LogP contribution in [0.1, 0.15) is 0 Å². The number of nitrogens with one attached hydrogen (secondary N) is 1. The zero-order valence-electron chi connectivity index (χ0n) is 17.5. The molecule has 3 aromatic rings. The fourth-order valence-electron chi connectivity index (χ4n) is 2.95. The van der Waals surface area contributed by atoms with Crippen molar-refractivity contribution in [1.29, 1.82) is 0 Å². The smallest absolute Gasteiger partial charge is 0.204 e. The van der Waals surface area contributed by atoms with E-state index in [0.29, 0.717) is 44.5 Å². The summed E-state index contributed by atoms with van der Waals surface area (Å²) in [5.41, 5.74) is 3.06. The molecule has 1 N–H and O–H groups in total. The van der Waals surface area contributed by atoms with Crippen LogP contribution in [0.5, 0.6) is 5.75 Å². The van der Waals surface area contributed by atoms with Crippen LogP contribution < -0.4 is 10.1 Å². The third kappa shape index (κ3) is 8.12. The summed E-state index contributed by atoms with van der Waals surface area (Å²) in [6.07, 6.45) is 3.36. The summed E-state index contributed by atoms with van der Waals surface area (Å²) in [6, 6.07) is 19.1. The van der Waals surface area contributed by atoms with E-state index in [1.54, 1.807) is 12.4 Å². The van der Waals surface area contributed by atoms with E-state index in [2.05, 4.69) is 10.3 Å². The molecule has 32 heavy (non-hydrogen) atoms. The Kier molecular flexibility index (Phi) is 9.77. The molecular weight excluding hydrogens is 450 g/mol. The van der Waals surface area contributed by atoms with Gasteiger partial charge in [-0.05, 0) is 47.5 Å². The highest BCUT2D eigenvalue weighted by molar-refractivity contribution is 7.69. The van der Waals surface area contributed by atoms with Crippen molar-refractivity contribution in [2.45, 2.75) is 0 Å². The van der Waals surface area contributed by atoms with E-state index in [9.17, 15) is 8.42 Å². The van der Waals surface area contributed by atoms with Gasteiger partial charge in [-0.1, -0.05) is 35.9 Å². The van der Waals surface area contributed by atoms with Gasteiger partial charge in [0.1, 0.15) is 12.4 Å². The molecule has 1 heterocycles. The second kappa shape index (κ2) is 13.0. The van der Waals surface area contributed by atoms with Gasteiger partial charge in [0.25, 0.3) is 0 Å². The third-order valence-electron chi connectivity index (χ3n) is 4.63. The molecule has 0 saturated heterocycles.